The Morgan fingerprint density at radius 3 is 2.24 bits per heavy atom. The number of amides is 2. The van der Waals surface area contributed by atoms with Crippen LogP contribution in [0.4, 0.5) is 4.79 Å². The maximum atomic E-state index is 11.2. The van der Waals surface area contributed by atoms with Crippen LogP contribution >= 0.6 is 0 Å². The van der Waals surface area contributed by atoms with Crippen LogP contribution in [0, 0.1) is 0 Å². The monoisotopic (exact) mass is 247 g/mol. The third kappa shape index (κ3) is 8.03. The number of urea groups is 1. The van der Waals surface area contributed by atoms with Crippen LogP contribution in [0.25, 0.3) is 0 Å². The van der Waals surface area contributed by atoms with Gasteiger partial charge in [-0.05, 0) is 12.8 Å². The molecular weight excluding hydrogens is 230 g/mol. The number of hydrogen-bond donors (Lipinski definition) is 4. The normalized spacial score (nSPS) is 11.9. The Morgan fingerprint density at radius 2 is 1.82 bits per heavy atom. The van der Waals surface area contributed by atoms with Gasteiger partial charge in [-0.3, -0.25) is 10.2 Å². The lowest BCUT2D eigenvalue weighted by molar-refractivity contribution is -0.140. The zero-order valence-corrected chi connectivity index (χ0v) is 9.77. The molecule has 17 heavy (non-hydrogen) atoms. The highest BCUT2D eigenvalue weighted by molar-refractivity contribution is 5.82. The molecule has 0 aliphatic rings. The van der Waals surface area contributed by atoms with Crippen molar-refractivity contribution in [3.8, 4) is 0 Å². The van der Waals surface area contributed by atoms with E-state index in [4.69, 9.17) is 10.2 Å². The van der Waals surface area contributed by atoms with Crippen LogP contribution < -0.4 is 10.7 Å². The van der Waals surface area contributed by atoms with Gasteiger partial charge < -0.3 is 15.5 Å². The van der Waals surface area contributed by atoms with E-state index in [1.807, 2.05) is 0 Å². The van der Waals surface area contributed by atoms with Crippen molar-refractivity contribution in [1.82, 2.24) is 15.8 Å². The molecule has 0 aromatic carbocycles. The number of carboxylic acids is 2. The summed E-state index contributed by atoms with van der Waals surface area (Å²) in [4.78, 5) is 32.3. The van der Waals surface area contributed by atoms with Gasteiger partial charge in [0.25, 0.3) is 0 Å². The molecule has 0 radical (unpaired) electrons. The van der Waals surface area contributed by atoms with Crippen molar-refractivity contribution in [3.63, 3.8) is 0 Å². The molecule has 8 heteroatoms. The average Bonchev–Trinajstić information content (AvgIpc) is 2.13. The molecule has 1 atom stereocenters. The minimum absolute atomic E-state index is 0.0719. The molecule has 0 aromatic rings. The minimum atomic E-state index is -1.19. The Labute approximate surface area is 98.6 Å². The Kier molecular flexibility index (Phi) is 6.64. The molecule has 0 saturated heterocycles. The van der Waals surface area contributed by atoms with Gasteiger partial charge in [0.05, 0.1) is 0 Å². The third-order valence-corrected chi connectivity index (χ3v) is 1.81. The largest absolute Gasteiger partial charge is 0.481 e. The number of nitrogens with zero attached hydrogens (tertiary/aromatic N) is 1. The maximum absolute atomic E-state index is 11.2. The Bertz CT molecular complexity index is 292. The Balaban J connectivity index is 4.11. The number of carbonyl (C=O) groups is 3. The van der Waals surface area contributed by atoms with Crippen molar-refractivity contribution >= 4 is 18.0 Å². The van der Waals surface area contributed by atoms with E-state index >= 15 is 0 Å². The summed E-state index contributed by atoms with van der Waals surface area (Å²) in [6.07, 6.45) is 0.137. The summed E-state index contributed by atoms with van der Waals surface area (Å²) in [6.45, 7) is 0. The number of carbonyl (C=O) groups excluding carboxylic acids is 1. The lowest BCUT2D eigenvalue weighted by Gasteiger charge is -2.17. The van der Waals surface area contributed by atoms with Crippen molar-refractivity contribution in [2.75, 3.05) is 14.1 Å². The van der Waals surface area contributed by atoms with Crippen LogP contribution in [0.2, 0.25) is 0 Å². The van der Waals surface area contributed by atoms with Gasteiger partial charge in [0.2, 0.25) is 0 Å². The number of rotatable bonds is 7. The summed E-state index contributed by atoms with van der Waals surface area (Å²) in [7, 11) is 3.17. The highest BCUT2D eigenvalue weighted by atomic mass is 16.4. The van der Waals surface area contributed by atoms with Crippen molar-refractivity contribution in [2.24, 2.45) is 0 Å². The SMILES string of the molecule is CN(C)NC(=O)N[C@H](CCCC(=O)O)C(=O)O. The van der Waals surface area contributed by atoms with E-state index in [1.54, 1.807) is 14.1 Å². The van der Waals surface area contributed by atoms with Gasteiger partial charge in [-0.1, -0.05) is 0 Å². The summed E-state index contributed by atoms with van der Waals surface area (Å²) < 4.78 is 0. The van der Waals surface area contributed by atoms with E-state index in [0.717, 1.165) is 0 Å². The molecule has 0 heterocycles. The lowest BCUT2D eigenvalue weighted by Crippen LogP contribution is -2.49. The number of carboxylic acid groups (broad SMARTS) is 2. The fraction of sp³-hybridized carbons (Fsp3) is 0.667. The van der Waals surface area contributed by atoms with E-state index < -0.39 is 24.0 Å². The zero-order chi connectivity index (χ0) is 13.4. The Hall–Kier alpha value is -1.83. The van der Waals surface area contributed by atoms with Gasteiger partial charge in [-0.2, -0.15) is 0 Å². The summed E-state index contributed by atoms with van der Waals surface area (Å²) >= 11 is 0. The van der Waals surface area contributed by atoms with E-state index in [9.17, 15) is 14.4 Å². The molecule has 98 valence electrons. The van der Waals surface area contributed by atoms with Crippen molar-refractivity contribution in [2.45, 2.75) is 25.3 Å². The first kappa shape index (κ1) is 15.2. The molecule has 2 amide bonds. The van der Waals surface area contributed by atoms with E-state index in [-0.39, 0.29) is 19.3 Å². The fourth-order valence-electron chi connectivity index (χ4n) is 1.11. The molecule has 0 bridgehead atoms. The second-order valence-corrected chi connectivity index (χ2v) is 3.66. The molecule has 0 unspecified atom stereocenters. The first-order valence-electron chi connectivity index (χ1n) is 5.02. The predicted molar refractivity (Wildman–Crippen MR) is 58.3 cm³/mol. The van der Waals surface area contributed by atoms with E-state index in [0.29, 0.717) is 0 Å². The molecule has 8 nitrogen and oxygen atoms in total. The summed E-state index contributed by atoms with van der Waals surface area (Å²) in [6, 6.07) is -1.73. The molecule has 4 N–H and O–H groups in total. The first-order chi connectivity index (χ1) is 7.82. The highest BCUT2D eigenvalue weighted by Crippen LogP contribution is 2.01. The van der Waals surface area contributed by atoms with E-state index in [1.165, 1.54) is 5.01 Å². The van der Waals surface area contributed by atoms with Gasteiger partial charge in [0.1, 0.15) is 6.04 Å². The van der Waals surface area contributed by atoms with Crippen LogP contribution in [0.15, 0.2) is 0 Å². The second-order valence-electron chi connectivity index (χ2n) is 3.66. The van der Waals surface area contributed by atoms with Crippen molar-refractivity contribution < 1.29 is 24.6 Å². The van der Waals surface area contributed by atoms with Crippen LogP contribution in [-0.4, -0.2) is 53.3 Å². The standard InChI is InChI=1S/C9H17N3O5/c1-12(2)11-9(17)10-6(8(15)16)4-3-5-7(13)14/h6H,3-5H2,1-2H3,(H,13,14)(H,15,16)(H2,10,11,17)/t6-/m1/s1. The molecule has 0 aliphatic heterocycles. The van der Waals surface area contributed by atoms with Crippen molar-refractivity contribution in [3.05, 3.63) is 0 Å². The zero-order valence-electron chi connectivity index (χ0n) is 9.77. The summed E-state index contributed by atoms with van der Waals surface area (Å²) in [5, 5.41) is 20.8. The quantitative estimate of drug-likeness (QED) is 0.449. The Morgan fingerprint density at radius 1 is 1.24 bits per heavy atom. The topological polar surface area (TPSA) is 119 Å². The summed E-state index contributed by atoms with van der Waals surface area (Å²) in [5.41, 5.74) is 2.33. The molecular formula is C9H17N3O5. The van der Waals surface area contributed by atoms with Gasteiger partial charge in [-0.25, -0.2) is 14.6 Å². The van der Waals surface area contributed by atoms with Crippen LogP contribution in [0.1, 0.15) is 19.3 Å². The summed E-state index contributed by atoms with van der Waals surface area (Å²) in [5.74, 6) is -2.18. The molecule has 0 aromatic heterocycles. The number of nitrogens with one attached hydrogen (secondary N) is 2. The third-order valence-electron chi connectivity index (χ3n) is 1.81. The molecule has 0 saturated carbocycles. The van der Waals surface area contributed by atoms with Gasteiger partial charge in [-0.15, -0.1) is 0 Å². The van der Waals surface area contributed by atoms with Crippen LogP contribution in [0.5, 0.6) is 0 Å². The van der Waals surface area contributed by atoms with Crippen molar-refractivity contribution in [1.29, 1.82) is 0 Å². The fourth-order valence-corrected chi connectivity index (χ4v) is 1.11. The number of hydrazine groups is 1. The lowest BCUT2D eigenvalue weighted by atomic mass is 10.1. The van der Waals surface area contributed by atoms with Gasteiger partial charge in [0.15, 0.2) is 0 Å². The van der Waals surface area contributed by atoms with Crippen LogP contribution in [-0.2, 0) is 9.59 Å². The first-order valence-corrected chi connectivity index (χ1v) is 5.02. The molecule has 0 fully saturated rings. The number of hydrogen-bond acceptors (Lipinski definition) is 4. The molecule has 0 spiro atoms. The predicted octanol–water partition coefficient (Wildman–Crippen LogP) is -0.530. The molecule has 0 rings (SSSR count). The maximum Gasteiger partial charge on any atom is 0.330 e. The second kappa shape index (κ2) is 7.44. The highest BCUT2D eigenvalue weighted by Gasteiger charge is 2.19. The molecule has 0 aliphatic carbocycles. The van der Waals surface area contributed by atoms with Gasteiger partial charge in [0, 0.05) is 20.5 Å². The van der Waals surface area contributed by atoms with Gasteiger partial charge >= 0.3 is 18.0 Å². The number of aliphatic carboxylic acids is 2. The van der Waals surface area contributed by atoms with Crippen LogP contribution in [0.3, 0.4) is 0 Å². The van der Waals surface area contributed by atoms with E-state index in [2.05, 4.69) is 10.7 Å². The minimum Gasteiger partial charge on any atom is -0.481 e. The smallest absolute Gasteiger partial charge is 0.330 e. The average molecular weight is 247 g/mol.